The smallest absolute Gasteiger partial charge is 0.230 e. The maximum Gasteiger partial charge on any atom is 0.230 e. The van der Waals surface area contributed by atoms with Crippen LogP contribution < -0.4 is 9.80 Å². The standard InChI is InChI=1S/C21H25N7O2/c1-2-4-17(5-3-1)15-28-16-18(14-22-28)19-23-20(26-6-10-29-11-7-26)25-21(24-19)27-8-12-30-13-9-27/h1-5,14,16H,6-13,15H2. The summed E-state index contributed by atoms with van der Waals surface area (Å²) in [7, 11) is 0. The lowest BCUT2D eigenvalue weighted by molar-refractivity contribution is 0.121. The number of ether oxygens (including phenoxy) is 2. The SMILES string of the molecule is c1ccc(Cn2cc(-c3nc(N4CCOCC4)nc(N4CCOCC4)n3)cn2)cc1. The van der Waals surface area contributed by atoms with E-state index in [0.29, 0.717) is 50.7 Å². The molecule has 3 aromatic rings. The van der Waals surface area contributed by atoms with Crippen molar-refractivity contribution in [2.75, 3.05) is 62.4 Å². The van der Waals surface area contributed by atoms with Gasteiger partial charge in [-0.3, -0.25) is 4.68 Å². The molecule has 2 fully saturated rings. The summed E-state index contributed by atoms with van der Waals surface area (Å²) in [6.45, 7) is 6.55. The van der Waals surface area contributed by atoms with Gasteiger partial charge in [0.2, 0.25) is 11.9 Å². The molecule has 2 aliphatic rings. The molecule has 0 aliphatic carbocycles. The molecule has 0 N–H and O–H groups in total. The van der Waals surface area contributed by atoms with Crippen LogP contribution in [-0.4, -0.2) is 77.3 Å². The van der Waals surface area contributed by atoms with Gasteiger partial charge >= 0.3 is 0 Å². The highest BCUT2D eigenvalue weighted by Gasteiger charge is 2.21. The van der Waals surface area contributed by atoms with Gasteiger partial charge in [-0.1, -0.05) is 30.3 Å². The molecule has 2 aliphatic heterocycles. The van der Waals surface area contributed by atoms with Gasteiger partial charge in [0.25, 0.3) is 0 Å². The number of hydrogen-bond donors (Lipinski definition) is 0. The van der Waals surface area contributed by atoms with E-state index in [1.807, 2.05) is 35.3 Å². The third-order valence-corrected chi connectivity index (χ3v) is 5.28. The van der Waals surface area contributed by atoms with E-state index in [9.17, 15) is 0 Å². The lowest BCUT2D eigenvalue weighted by Gasteiger charge is -2.30. The molecule has 2 aromatic heterocycles. The van der Waals surface area contributed by atoms with Crippen LogP contribution in [0.3, 0.4) is 0 Å². The first-order valence-electron chi connectivity index (χ1n) is 10.3. The third kappa shape index (κ3) is 4.27. The van der Waals surface area contributed by atoms with Crippen molar-refractivity contribution in [2.24, 2.45) is 0 Å². The highest BCUT2D eigenvalue weighted by molar-refractivity contribution is 5.57. The fourth-order valence-corrected chi connectivity index (χ4v) is 3.63. The van der Waals surface area contributed by atoms with Gasteiger partial charge < -0.3 is 19.3 Å². The van der Waals surface area contributed by atoms with E-state index < -0.39 is 0 Å². The Balaban J connectivity index is 1.45. The number of aromatic nitrogens is 5. The number of morpholine rings is 2. The van der Waals surface area contributed by atoms with Crippen molar-refractivity contribution < 1.29 is 9.47 Å². The molecular weight excluding hydrogens is 382 g/mol. The Morgan fingerprint density at radius 1 is 0.767 bits per heavy atom. The highest BCUT2D eigenvalue weighted by atomic mass is 16.5. The van der Waals surface area contributed by atoms with Gasteiger partial charge in [-0.15, -0.1) is 0 Å². The lowest BCUT2D eigenvalue weighted by atomic mass is 10.2. The first-order chi connectivity index (χ1) is 14.8. The fraction of sp³-hybridized carbons (Fsp3) is 0.429. The van der Waals surface area contributed by atoms with E-state index in [1.165, 1.54) is 5.56 Å². The second-order valence-electron chi connectivity index (χ2n) is 7.37. The second kappa shape index (κ2) is 8.76. The minimum atomic E-state index is 0.646. The van der Waals surface area contributed by atoms with E-state index in [1.54, 1.807) is 0 Å². The molecule has 0 atom stereocenters. The van der Waals surface area contributed by atoms with Crippen molar-refractivity contribution in [1.29, 1.82) is 0 Å². The molecule has 0 spiro atoms. The first-order valence-corrected chi connectivity index (χ1v) is 10.3. The third-order valence-electron chi connectivity index (χ3n) is 5.28. The van der Waals surface area contributed by atoms with Crippen molar-refractivity contribution >= 4 is 11.9 Å². The van der Waals surface area contributed by atoms with Crippen LogP contribution in [-0.2, 0) is 16.0 Å². The Labute approximate surface area is 175 Å². The van der Waals surface area contributed by atoms with E-state index in [4.69, 9.17) is 24.4 Å². The Morgan fingerprint density at radius 2 is 1.37 bits per heavy atom. The van der Waals surface area contributed by atoms with E-state index in [-0.39, 0.29) is 0 Å². The minimum Gasteiger partial charge on any atom is -0.378 e. The number of anilines is 2. The molecule has 1 aromatic carbocycles. The summed E-state index contributed by atoms with van der Waals surface area (Å²) in [5, 5.41) is 4.52. The Bertz CT molecular complexity index is 930. The molecule has 9 heteroatoms. The summed E-state index contributed by atoms with van der Waals surface area (Å²) in [5.74, 6) is 2.04. The average molecular weight is 407 g/mol. The molecule has 4 heterocycles. The van der Waals surface area contributed by atoms with Gasteiger partial charge in [0.15, 0.2) is 5.82 Å². The molecule has 156 valence electrons. The van der Waals surface area contributed by atoms with Crippen LogP contribution >= 0.6 is 0 Å². The molecule has 0 unspecified atom stereocenters. The predicted octanol–water partition coefficient (Wildman–Crippen LogP) is 1.46. The van der Waals surface area contributed by atoms with Gasteiger partial charge in [-0.25, -0.2) is 0 Å². The van der Waals surface area contributed by atoms with Crippen molar-refractivity contribution in [2.45, 2.75) is 6.54 Å². The van der Waals surface area contributed by atoms with Crippen LogP contribution in [0.25, 0.3) is 11.4 Å². The van der Waals surface area contributed by atoms with E-state index in [2.05, 4.69) is 27.0 Å². The summed E-state index contributed by atoms with van der Waals surface area (Å²) in [6, 6.07) is 10.3. The van der Waals surface area contributed by atoms with E-state index >= 15 is 0 Å². The van der Waals surface area contributed by atoms with Crippen LogP contribution in [0, 0.1) is 0 Å². The molecule has 0 amide bonds. The van der Waals surface area contributed by atoms with Gasteiger partial charge in [0, 0.05) is 32.4 Å². The molecule has 0 bridgehead atoms. The molecule has 5 rings (SSSR count). The quantitative estimate of drug-likeness (QED) is 0.629. The number of rotatable bonds is 5. The molecule has 30 heavy (non-hydrogen) atoms. The number of nitrogens with zero attached hydrogens (tertiary/aromatic N) is 7. The van der Waals surface area contributed by atoms with Crippen molar-refractivity contribution in [3.8, 4) is 11.4 Å². The zero-order valence-electron chi connectivity index (χ0n) is 16.9. The summed E-state index contributed by atoms with van der Waals surface area (Å²) in [6.07, 6.45) is 3.82. The van der Waals surface area contributed by atoms with Crippen LogP contribution in [0.2, 0.25) is 0 Å². The Hall–Kier alpha value is -3.04. The summed E-state index contributed by atoms with van der Waals surface area (Å²) in [5.41, 5.74) is 2.09. The largest absolute Gasteiger partial charge is 0.378 e. The normalized spacial score (nSPS) is 17.3. The van der Waals surface area contributed by atoms with Crippen LogP contribution in [0.15, 0.2) is 42.7 Å². The summed E-state index contributed by atoms with van der Waals surface area (Å²) < 4.78 is 12.9. The molecule has 0 radical (unpaired) electrons. The summed E-state index contributed by atoms with van der Waals surface area (Å²) >= 11 is 0. The second-order valence-corrected chi connectivity index (χ2v) is 7.37. The number of hydrogen-bond acceptors (Lipinski definition) is 8. The zero-order chi connectivity index (χ0) is 20.2. The van der Waals surface area contributed by atoms with Gasteiger partial charge in [0.1, 0.15) is 0 Å². The van der Waals surface area contributed by atoms with Gasteiger partial charge in [-0.2, -0.15) is 20.1 Å². The molecule has 9 nitrogen and oxygen atoms in total. The highest BCUT2D eigenvalue weighted by Crippen LogP contribution is 2.22. The summed E-state index contributed by atoms with van der Waals surface area (Å²) in [4.78, 5) is 18.7. The van der Waals surface area contributed by atoms with Crippen molar-refractivity contribution in [1.82, 2.24) is 24.7 Å². The predicted molar refractivity (Wildman–Crippen MR) is 113 cm³/mol. The topological polar surface area (TPSA) is 81.4 Å². The van der Waals surface area contributed by atoms with Crippen LogP contribution in [0.1, 0.15) is 5.56 Å². The van der Waals surface area contributed by atoms with Gasteiger partial charge in [-0.05, 0) is 5.56 Å². The monoisotopic (exact) mass is 407 g/mol. The lowest BCUT2D eigenvalue weighted by Crippen LogP contribution is -2.40. The van der Waals surface area contributed by atoms with Crippen LogP contribution in [0.4, 0.5) is 11.9 Å². The van der Waals surface area contributed by atoms with E-state index in [0.717, 1.165) is 31.7 Å². The maximum absolute atomic E-state index is 5.49. The zero-order valence-corrected chi connectivity index (χ0v) is 16.9. The van der Waals surface area contributed by atoms with Crippen LogP contribution in [0.5, 0.6) is 0 Å². The fourth-order valence-electron chi connectivity index (χ4n) is 3.63. The Morgan fingerprint density at radius 3 is 1.97 bits per heavy atom. The molecule has 0 saturated carbocycles. The van der Waals surface area contributed by atoms with Gasteiger partial charge in [0.05, 0.1) is 44.7 Å². The first kappa shape index (κ1) is 19.0. The number of benzene rings is 1. The van der Waals surface area contributed by atoms with Crippen molar-refractivity contribution in [3.05, 3.63) is 48.3 Å². The van der Waals surface area contributed by atoms with Crippen molar-refractivity contribution in [3.63, 3.8) is 0 Å². The molecule has 2 saturated heterocycles. The Kier molecular flexibility index (Phi) is 5.54. The minimum absolute atomic E-state index is 0.646. The maximum atomic E-state index is 5.49. The molecular formula is C21H25N7O2. The average Bonchev–Trinajstić information content (AvgIpc) is 3.29.